The Bertz CT molecular complexity index is 318. The van der Waals surface area contributed by atoms with Crippen LogP contribution in [0.2, 0.25) is 0 Å². The van der Waals surface area contributed by atoms with Gasteiger partial charge in [-0.3, -0.25) is 0 Å². The molecule has 2 atom stereocenters. The Labute approximate surface area is 130 Å². The fraction of sp³-hybridized carbons (Fsp3) is 0.938. The third-order valence-corrected chi connectivity index (χ3v) is 3.37. The molecular weight excluding hydrogens is 268 g/mol. The van der Waals surface area contributed by atoms with E-state index in [1.807, 2.05) is 55.4 Å². The number of nitrogens with zero attached hydrogens (tertiary/aromatic N) is 1. The van der Waals surface area contributed by atoms with Crippen molar-refractivity contribution in [2.24, 2.45) is 5.92 Å². The molecular formula is C16H34N2O3. The minimum Gasteiger partial charge on any atom is -0.444 e. The Kier molecular flexibility index (Phi) is 7.68. The van der Waals surface area contributed by atoms with Crippen molar-refractivity contribution in [2.45, 2.75) is 72.6 Å². The Morgan fingerprint density at radius 3 is 2.10 bits per heavy atom. The summed E-state index contributed by atoms with van der Waals surface area (Å²) in [7, 11) is 0. The number of aliphatic hydroxyl groups is 1. The molecule has 0 aliphatic carbocycles. The first-order chi connectivity index (χ1) is 9.38. The molecule has 2 unspecified atom stereocenters. The van der Waals surface area contributed by atoms with Gasteiger partial charge in [0.05, 0.1) is 0 Å². The summed E-state index contributed by atoms with van der Waals surface area (Å²) in [6.45, 7) is 17.0. The molecule has 0 radical (unpaired) electrons. The molecule has 0 bridgehead atoms. The number of aliphatic hydroxyl groups excluding tert-OH is 1. The van der Waals surface area contributed by atoms with Gasteiger partial charge in [0.2, 0.25) is 0 Å². The Hall–Kier alpha value is -0.810. The van der Waals surface area contributed by atoms with Gasteiger partial charge in [0.25, 0.3) is 0 Å². The number of hydrogen-bond acceptors (Lipinski definition) is 4. The maximum atomic E-state index is 12.3. The van der Waals surface area contributed by atoms with Crippen molar-refractivity contribution >= 4 is 6.09 Å². The number of carbonyl (C=O) groups is 1. The van der Waals surface area contributed by atoms with E-state index in [2.05, 4.69) is 5.32 Å². The van der Waals surface area contributed by atoms with Gasteiger partial charge in [0.1, 0.15) is 5.60 Å². The first kappa shape index (κ1) is 20.2. The minimum absolute atomic E-state index is 0.156. The van der Waals surface area contributed by atoms with E-state index in [1.54, 1.807) is 4.90 Å². The van der Waals surface area contributed by atoms with Crippen molar-refractivity contribution in [3.05, 3.63) is 0 Å². The van der Waals surface area contributed by atoms with Crippen LogP contribution in [-0.4, -0.2) is 53.0 Å². The third-order valence-electron chi connectivity index (χ3n) is 3.37. The monoisotopic (exact) mass is 302 g/mol. The topological polar surface area (TPSA) is 61.8 Å². The molecule has 0 rings (SSSR count). The normalized spacial score (nSPS) is 15.5. The van der Waals surface area contributed by atoms with Crippen molar-refractivity contribution < 1.29 is 14.6 Å². The standard InChI is InChI=1S/C16H34N2O3/c1-12(11-19)13(2)17-9-10-18(15(3,4)5)14(20)21-16(6,7)8/h12-13,17,19H,9-11H2,1-8H3. The lowest BCUT2D eigenvalue weighted by Gasteiger charge is -2.37. The predicted octanol–water partition coefficient (Wildman–Crippen LogP) is 2.63. The van der Waals surface area contributed by atoms with Gasteiger partial charge in [-0.05, 0) is 54.4 Å². The van der Waals surface area contributed by atoms with E-state index in [0.717, 1.165) is 0 Å². The van der Waals surface area contributed by atoms with Crippen molar-refractivity contribution in [3.63, 3.8) is 0 Å². The third kappa shape index (κ3) is 8.27. The highest BCUT2D eigenvalue weighted by atomic mass is 16.6. The molecule has 0 aliphatic heterocycles. The molecule has 0 spiro atoms. The van der Waals surface area contributed by atoms with E-state index in [1.165, 1.54) is 0 Å². The van der Waals surface area contributed by atoms with E-state index < -0.39 is 5.60 Å². The van der Waals surface area contributed by atoms with Gasteiger partial charge in [-0.2, -0.15) is 0 Å². The largest absolute Gasteiger partial charge is 0.444 e. The maximum absolute atomic E-state index is 12.3. The van der Waals surface area contributed by atoms with Gasteiger partial charge < -0.3 is 20.1 Å². The van der Waals surface area contributed by atoms with Crippen LogP contribution in [-0.2, 0) is 4.74 Å². The van der Waals surface area contributed by atoms with E-state index in [0.29, 0.717) is 13.1 Å². The second-order valence-corrected chi connectivity index (χ2v) is 7.71. The highest BCUT2D eigenvalue weighted by Gasteiger charge is 2.30. The molecule has 0 aromatic heterocycles. The number of ether oxygens (including phenoxy) is 1. The van der Waals surface area contributed by atoms with E-state index in [9.17, 15) is 4.79 Å². The summed E-state index contributed by atoms with van der Waals surface area (Å²) in [5.41, 5.74) is -0.789. The van der Waals surface area contributed by atoms with Crippen LogP contribution in [0.5, 0.6) is 0 Å². The Morgan fingerprint density at radius 1 is 1.19 bits per heavy atom. The van der Waals surface area contributed by atoms with E-state index >= 15 is 0 Å². The average molecular weight is 302 g/mol. The molecule has 5 heteroatoms. The van der Waals surface area contributed by atoms with Crippen LogP contribution < -0.4 is 5.32 Å². The average Bonchev–Trinajstić information content (AvgIpc) is 2.29. The Balaban J connectivity index is 4.57. The summed E-state index contributed by atoms with van der Waals surface area (Å²) in [5.74, 6) is 0.189. The number of rotatable bonds is 6. The second-order valence-electron chi connectivity index (χ2n) is 7.71. The van der Waals surface area contributed by atoms with Crippen molar-refractivity contribution in [1.82, 2.24) is 10.2 Å². The number of nitrogens with one attached hydrogen (secondary N) is 1. The van der Waals surface area contributed by atoms with Crippen molar-refractivity contribution in [2.75, 3.05) is 19.7 Å². The molecule has 0 saturated carbocycles. The maximum Gasteiger partial charge on any atom is 0.410 e. The first-order valence-corrected chi connectivity index (χ1v) is 7.73. The van der Waals surface area contributed by atoms with E-state index in [-0.39, 0.29) is 30.2 Å². The molecule has 2 N–H and O–H groups in total. The van der Waals surface area contributed by atoms with Crippen molar-refractivity contribution in [1.29, 1.82) is 0 Å². The predicted molar refractivity (Wildman–Crippen MR) is 86.4 cm³/mol. The van der Waals surface area contributed by atoms with Crippen LogP contribution in [0.3, 0.4) is 0 Å². The zero-order valence-corrected chi connectivity index (χ0v) is 15.0. The summed E-state index contributed by atoms with van der Waals surface area (Å²) in [5, 5.41) is 12.5. The highest BCUT2D eigenvalue weighted by molar-refractivity contribution is 5.69. The summed E-state index contributed by atoms with van der Waals surface area (Å²) in [6, 6.07) is 0.204. The number of amides is 1. The van der Waals surface area contributed by atoms with Crippen LogP contribution in [0.25, 0.3) is 0 Å². The fourth-order valence-electron chi connectivity index (χ4n) is 1.78. The number of carbonyl (C=O) groups excluding carboxylic acids is 1. The van der Waals surface area contributed by atoms with Crippen LogP contribution in [0.1, 0.15) is 55.4 Å². The summed E-state index contributed by atoms with van der Waals surface area (Å²) in [4.78, 5) is 14.0. The molecule has 0 fully saturated rings. The minimum atomic E-state index is -0.493. The molecule has 0 heterocycles. The lowest BCUT2D eigenvalue weighted by atomic mass is 10.0. The molecule has 1 amide bonds. The first-order valence-electron chi connectivity index (χ1n) is 7.73. The fourth-order valence-corrected chi connectivity index (χ4v) is 1.78. The highest BCUT2D eigenvalue weighted by Crippen LogP contribution is 2.18. The molecule has 21 heavy (non-hydrogen) atoms. The quantitative estimate of drug-likeness (QED) is 0.792. The SMILES string of the molecule is CC(CO)C(C)NCCN(C(=O)OC(C)(C)C)C(C)(C)C. The lowest BCUT2D eigenvalue weighted by molar-refractivity contribution is 0.00631. The van der Waals surface area contributed by atoms with Gasteiger partial charge in [-0.25, -0.2) is 4.79 Å². The van der Waals surface area contributed by atoms with Crippen LogP contribution >= 0.6 is 0 Å². The smallest absolute Gasteiger partial charge is 0.410 e. The number of hydrogen-bond donors (Lipinski definition) is 2. The molecule has 0 saturated heterocycles. The van der Waals surface area contributed by atoms with Crippen LogP contribution in [0.15, 0.2) is 0 Å². The summed E-state index contributed by atoms with van der Waals surface area (Å²) in [6.07, 6.45) is -0.292. The van der Waals surface area contributed by atoms with Gasteiger partial charge >= 0.3 is 6.09 Å². The van der Waals surface area contributed by atoms with Crippen LogP contribution in [0.4, 0.5) is 4.79 Å². The van der Waals surface area contributed by atoms with Gasteiger partial charge in [-0.15, -0.1) is 0 Å². The molecule has 5 nitrogen and oxygen atoms in total. The van der Waals surface area contributed by atoms with Crippen molar-refractivity contribution in [3.8, 4) is 0 Å². The Morgan fingerprint density at radius 2 is 1.71 bits per heavy atom. The second kappa shape index (κ2) is 7.99. The van der Waals surface area contributed by atoms with Gasteiger partial charge in [-0.1, -0.05) is 6.92 Å². The summed E-state index contributed by atoms with van der Waals surface area (Å²) >= 11 is 0. The van der Waals surface area contributed by atoms with Gasteiger partial charge in [0, 0.05) is 31.3 Å². The summed E-state index contributed by atoms with van der Waals surface area (Å²) < 4.78 is 5.47. The zero-order valence-electron chi connectivity index (χ0n) is 15.0. The lowest BCUT2D eigenvalue weighted by Crippen LogP contribution is -2.51. The molecule has 0 aromatic rings. The molecule has 0 aromatic carbocycles. The van der Waals surface area contributed by atoms with E-state index in [4.69, 9.17) is 9.84 Å². The zero-order chi connectivity index (χ0) is 16.8. The molecule has 126 valence electrons. The molecule has 0 aliphatic rings. The van der Waals surface area contributed by atoms with Crippen LogP contribution in [0, 0.1) is 5.92 Å². The van der Waals surface area contributed by atoms with Gasteiger partial charge in [0.15, 0.2) is 0 Å².